The lowest BCUT2D eigenvalue weighted by Gasteiger charge is -2.38. The predicted octanol–water partition coefficient (Wildman–Crippen LogP) is 2.83. The quantitative estimate of drug-likeness (QED) is 0.0305. The molecule has 0 spiro atoms. The minimum absolute atomic E-state index is 0.0309. The molecular weight excluding hydrogens is 1810 g/mol. The summed E-state index contributed by atoms with van der Waals surface area (Å²) in [5, 5.41) is 65.8. The Kier molecular flexibility index (Phi) is 36.9. The van der Waals surface area contributed by atoms with Crippen molar-refractivity contribution in [3.63, 3.8) is 0 Å². The number of aromatic nitrogens is 1. The highest BCUT2D eigenvalue weighted by Gasteiger charge is 2.54. The van der Waals surface area contributed by atoms with Crippen molar-refractivity contribution < 1.29 is 115 Å². The van der Waals surface area contributed by atoms with E-state index in [1.54, 1.807) is 129 Å². The van der Waals surface area contributed by atoms with Gasteiger partial charge in [0.1, 0.15) is 90.3 Å². The third kappa shape index (κ3) is 28.1. The number of para-hydroxylation sites is 1. The molecule has 1 aromatic heterocycles. The maximum atomic E-state index is 15.7. The SMILES string of the molecule is CCCC[C@H]1C(=O)N2CCC[C@@H]2C(=O)N[C@@H](CC(=O)O)C(=O)N[C@@H](C(C)C)C(=O)N(C)C(Cc2ccccc2)C(=O)N[C@@H](Cc2ccc(O)cc2)C2OC2N2CCCC2C(=O)N[C@@H](Cc2c[nH]c3ccccc23)C(=O)N[C@@H](Cc2ccc(O)cc2)C(=O)N[C@@H](CCC(=O)O)C(=O)N[C@H](C(=O)NCC(N)=O)CSCC(=O)N[C@@H](Cc2cc(F)c(F)c(F)c2)C(=O)N(C)C(Cc2ccccc2)C(=O)N1C. The van der Waals surface area contributed by atoms with Crippen LogP contribution >= 0.6 is 11.8 Å². The van der Waals surface area contributed by atoms with E-state index in [0.29, 0.717) is 75.5 Å². The normalized spacial score (nSPS) is 24.6. The van der Waals surface area contributed by atoms with Crippen LogP contribution in [0.2, 0.25) is 0 Å². The number of amides is 14. The molecule has 0 aliphatic carbocycles. The van der Waals surface area contributed by atoms with Crippen LogP contribution in [-0.4, -0.2) is 288 Å². The molecule has 4 aliphatic heterocycles. The number of thioether (sulfide) groups is 1. The van der Waals surface area contributed by atoms with Crippen molar-refractivity contribution in [3.8, 4) is 11.5 Å². The van der Waals surface area contributed by atoms with Crippen LogP contribution in [0, 0.1) is 23.4 Å². The first-order valence-electron chi connectivity index (χ1n) is 45.7. The summed E-state index contributed by atoms with van der Waals surface area (Å²) in [5.41, 5.74) is 8.13. The fraction of sp³-hybridized carbons (Fsp3) is 0.443. The van der Waals surface area contributed by atoms with E-state index in [1.165, 1.54) is 62.4 Å². The molecule has 738 valence electrons. The van der Waals surface area contributed by atoms with Gasteiger partial charge in [-0.2, -0.15) is 0 Å². The van der Waals surface area contributed by atoms with E-state index >= 15 is 47.1 Å². The van der Waals surface area contributed by atoms with Gasteiger partial charge in [-0.3, -0.25) is 81.6 Å². The van der Waals surface area contributed by atoms with Crippen molar-refractivity contribution in [1.82, 2.24) is 77.3 Å². The highest BCUT2D eigenvalue weighted by molar-refractivity contribution is 8.00. The number of rotatable bonds is 24. The van der Waals surface area contributed by atoms with E-state index in [-0.39, 0.29) is 87.9 Å². The summed E-state index contributed by atoms with van der Waals surface area (Å²) in [5.74, 6) is -24.5. The summed E-state index contributed by atoms with van der Waals surface area (Å²) in [6, 6.07) is 16.3. The van der Waals surface area contributed by atoms with Gasteiger partial charge in [0.2, 0.25) is 82.7 Å². The number of aromatic amines is 1. The van der Waals surface area contributed by atoms with Crippen molar-refractivity contribution in [2.75, 3.05) is 52.3 Å². The maximum Gasteiger partial charge on any atom is 0.305 e. The summed E-state index contributed by atoms with van der Waals surface area (Å²) >= 11 is 0.603. The summed E-state index contributed by atoms with van der Waals surface area (Å²) in [6.07, 6.45) is -3.21. The number of unbranched alkanes of at least 4 members (excludes halogenated alkanes) is 1. The number of phenols is 2. The molecule has 37 nitrogen and oxygen atoms in total. The van der Waals surface area contributed by atoms with Gasteiger partial charge >= 0.3 is 11.9 Å². The van der Waals surface area contributed by atoms with Crippen molar-refractivity contribution in [3.05, 3.63) is 203 Å². The first-order chi connectivity index (χ1) is 65.8. The van der Waals surface area contributed by atoms with Crippen LogP contribution < -0.4 is 53.6 Å². The molecule has 15 atom stereocenters. The number of hydrogen-bond acceptors (Lipinski definition) is 21. The number of nitrogens with zero attached hydrogens (tertiary/aromatic N) is 5. The molecule has 4 fully saturated rings. The molecule has 6 aromatic carbocycles. The number of aromatic hydroxyl groups is 2. The van der Waals surface area contributed by atoms with E-state index in [4.69, 9.17) is 10.5 Å². The zero-order valence-electron chi connectivity index (χ0n) is 77.1. The molecule has 138 heavy (non-hydrogen) atoms. The lowest BCUT2D eigenvalue weighted by molar-refractivity contribution is -0.152. The third-order valence-electron chi connectivity index (χ3n) is 25.0. The molecule has 14 amide bonds. The first-order valence-corrected chi connectivity index (χ1v) is 46.8. The highest BCUT2D eigenvalue weighted by atomic mass is 32.2. The first kappa shape index (κ1) is 105. The number of carboxylic acids is 2. The van der Waals surface area contributed by atoms with Gasteiger partial charge in [0.05, 0.1) is 30.8 Å². The molecule has 5 heterocycles. The molecule has 0 bridgehead atoms. The van der Waals surface area contributed by atoms with Gasteiger partial charge in [0.25, 0.3) is 0 Å². The number of halogens is 3. The Morgan fingerprint density at radius 1 is 0.522 bits per heavy atom. The smallest absolute Gasteiger partial charge is 0.305 e. The number of ether oxygens (including phenoxy) is 1. The van der Waals surface area contributed by atoms with Crippen LogP contribution in [-0.2, 0) is 120 Å². The van der Waals surface area contributed by atoms with E-state index in [9.17, 15) is 63.2 Å². The molecule has 11 rings (SSSR count). The van der Waals surface area contributed by atoms with E-state index in [1.807, 2.05) is 0 Å². The van der Waals surface area contributed by atoms with Crippen LogP contribution in [0.4, 0.5) is 13.2 Å². The Bertz CT molecular complexity index is 5550. The number of aliphatic carboxylic acids is 2. The van der Waals surface area contributed by atoms with Crippen LogP contribution in [0.15, 0.2) is 152 Å². The number of carbonyl (C=O) groups is 16. The van der Waals surface area contributed by atoms with E-state index < -0.39 is 259 Å². The summed E-state index contributed by atoms with van der Waals surface area (Å²) in [7, 11) is 3.81. The van der Waals surface area contributed by atoms with Crippen molar-refractivity contribution in [2.24, 2.45) is 11.7 Å². The lowest BCUT2D eigenvalue weighted by Crippen LogP contribution is -2.61. The van der Waals surface area contributed by atoms with Gasteiger partial charge in [-0.15, -0.1) is 11.8 Å². The predicted molar refractivity (Wildman–Crippen MR) is 497 cm³/mol. The van der Waals surface area contributed by atoms with Crippen LogP contribution in [0.3, 0.4) is 0 Å². The van der Waals surface area contributed by atoms with E-state index in [2.05, 4.69) is 52.8 Å². The number of hydrogen-bond donors (Lipinski definition) is 15. The number of likely N-dealkylation sites (N-methyl/N-ethyl adjacent to an activating group) is 3. The van der Waals surface area contributed by atoms with Gasteiger partial charge in [0.15, 0.2) is 17.5 Å². The third-order valence-corrected chi connectivity index (χ3v) is 26.1. The molecule has 41 heteroatoms. The van der Waals surface area contributed by atoms with Crippen LogP contribution in [0.1, 0.15) is 118 Å². The molecule has 0 saturated carbocycles. The number of primary amides is 1. The number of phenolic OH excluding ortho intramolecular Hbond substituents is 2. The number of carbonyl (C=O) groups excluding carboxylic acids is 14. The fourth-order valence-electron chi connectivity index (χ4n) is 17.5. The van der Waals surface area contributed by atoms with Gasteiger partial charge in [-0.1, -0.05) is 137 Å². The van der Waals surface area contributed by atoms with Gasteiger partial charge in [-0.25, -0.2) is 13.2 Å². The largest absolute Gasteiger partial charge is 0.508 e. The van der Waals surface area contributed by atoms with Crippen LogP contribution in [0.25, 0.3) is 10.9 Å². The second kappa shape index (κ2) is 48.7. The standard InChI is InChI=1S/C97H117F3N16O21S/c1-7-8-25-75-95(135)115-38-17-26-73(115)90(130)109-70(48-81(123)124)89(129)111-83(53(2)3)96(136)113(5)76(45-54-19-11-9-12-20-54)92(132)106-67(42-56-28-32-60(117)33-29-56)84-97(137-84)116-39-18-27-74(116)91(131)108-69(47-59-49-102-65-24-16-15-23-62(59)65)88(128)107-68(43-57-30-34-61(118)35-31-57)87(127)105-66(36-37-80(121)122)86(126)110-72(85(125)103-50-78(101)119)51-138-52-79(120)104-71(44-58-40-63(98)82(100)64(99)41-58)93(133)114(6)77(94(134)112(75)4)46-55-21-13-10-14-22-55/h9-16,19-24,28-35,40-41,49,53,66-77,83-84,97,102,117-118H,7-8,17-18,25-27,36-39,42-48,50-52H2,1-6H3,(H2,101,119)(H,103,125)(H,104,120)(H,105,127)(H,106,132)(H,107,128)(H,108,131)(H,109,130)(H,110,126)(H,111,129)(H,121,122)(H,123,124)/t66-,67-,68-,69-,70-,71-,72-,73+,74?,75-,76?,77?,83-,84?,97?/m0/s1. The second-order valence-corrected chi connectivity index (χ2v) is 36.4. The Balaban J connectivity index is 0.978. The van der Waals surface area contributed by atoms with Gasteiger partial charge in [-0.05, 0) is 127 Å². The number of nitrogens with two attached hydrogens (primary N) is 1. The molecule has 16 N–H and O–H groups in total. The lowest BCUT2D eigenvalue weighted by atomic mass is 9.97. The zero-order chi connectivity index (χ0) is 99.9. The van der Waals surface area contributed by atoms with Crippen molar-refractivity contribution in [2.45, 2.75) is 214 Å². The van der Waals surface area contributed by atoms with Crippen LogP contribution in [0.5, 0.6) is 11.5 Å². The minimum atomic E-state index is -1.92. The zero-order valence-corrected chi connectivity index (χ0v) is 77.9. The van der Waals surface area contributed by atoms with Crippen molar-refractivity contribution in [1.29, 1.82) is 0 Å². The number of benzene rings is 6. The Labute approximate surface area is 798 Å². The molecule has 0 radical (unpaired) electrons. The molecule has 5 unspecified atom stereocenters. The number of nitrogens with one attached hydrogen (secondary N) is 10. The average Bonchev–Trinajstić information content (AvgIpc) is 1.60. The molecule has 4 aliphatic rings. The minimum Gasteiger partial charge on any atom is -0.508 e. The summed E-state index contributed by atoms with van der Waals surface area (Å²) in [4.78, 5) is 245. The Hall–Kier alpha value is -14.0. The summed E-state index contributed by atoms with van der Waals surface area (Å²) in [6.45, 7) is 4.29. The number of epoxide rings is 1. The topological polar surface area (TPSA) is 533 Å². The summed E-state index contributed by atoms with van der Waals surface area (Å²) < 4.78 is 51.7. The molecular formula is C97H117F3N16O21S. The number of H-pyrrole nitrogens is 1. The monoisotopic (exact) mass is 1930 g/mol. The van der Waals surface area contributed by atoms with Gasteiger partial charge in [0, 0.05) is 95.6 Å². The Morgan fingerprint density at radius 2 is 1.05 bits per heavy atom. The molecule has 7 aromatic rings. The van der Waals surface area contributed by atoms with Gasteiger partial charge < -0.3 is 103 Å². The highest BCUT2D eigenvalue weighted by Crippen LogP contribution is 2.37. The molecule has 4 saturated heterocycles. The maximum absolute atomic E-state index is 15.7. The average molecular weight is 1930 g/mol. The van der Waals surface area contributed by atoms with E-state index in [0.717, 1.165) is 14.7 Å². The second-order valence-electron chi connectivity index (χ2n) is 35.4. The Morgan fingerprint density at radius 3 is 1.67 bits per heavy atom. The number of fused-ring (bicyclic) bond motifs is 5. The van der Waals surface area contributed by atoms with Crippen molar-refractivity contribution >= 4 is 117 Å². The number of carboxylic acid groups (broad SMARTS) is 2. The fourth-order valence-corrected chi connectivity index (χ4v) is 18.3.